The lowest BCUT2D eigenvalue weighted by Crippen LogP contribution is -2.48. The van der Waals surface area contributed by atoms with Gasteiger partial charge < -0.3 is 20.4 Å². The maximum absolute atomic E-state index is 13.1. The van der Waals surface area contributed by atoms with E-state index in [0.29, 0.717) is 23.4 Å². The Kier molecular flexibility index (Phi) is 5.99. The first-order valence-electron chi connectivity index (χ1n) is 12.1. The first kappa shape index (κ1) is 22.8. The molecule has 4 heterocycles. The molecule has 1 fully saturated rings. The van der Waals surface area contributed by atoms with E-state index >= 15 is 0 Å². The highest BCUT2D eigenvalue weighted by molar-refractivity contribution is 7.99. The van der Waals surface area contributed by atoms with Crippen molar-refractivity contribution in [2.45, 2.75) is 17.7 Å². The monoisotopic (exact) mass is 496 g/mol. The molecule has 0 saturated carbocycles. The summed E-state index contributed by atoms with van der Waals surface area (Å²) in [6.45, 7) is 6.42. The Bertz CT molecular complexity index is 1350. The van der Waals surface area contributed by atoms with Crippen LogP contribution in [0.2, 0.25) is 0 Å². The molecule has 2 N–H and O–H groups in total. The van der Waals surface area contributed by atoms with Crippen LogP contribution in [-0.4, -0.2) is 52.7 Å². The number of amides is 1. The number of aromatic nitrogens is 2. The van der Waals surface area contributed by atoms with E-state index in [1.165, 1.54) is 5.56 Å². The van der Waals surface area contributed by atoms with Crippen molar-refractivity contribution in [3.8, 4) is 0 Å². The summed E-state index contributed by atoms with van der Waals surface area (Å²) in [5.74, 6) is 2.26. The largest absolute Gasteiger partial charge is 0.324 e. The zero-order valence-electron chi connectivity index (χ0n) is 20.1. The van der Waals surface area contributed by atoms with Gasteiger partial charge in [-0.05, 0) is 48.5 Å². The van der Waals surface area contributed by atoms with Crippen LogP contribution in [0, 0.1) is 0 Å². The van der Waals surface area contributed by atoms with Gasteiger partial charge >= 0.3 is 0 Å². The van der Waals surface area contributed by atoms with Crippen molar-refractivity contribution < 1.29 is 4.79 Å². The molecule has 2 aromatic carbocycles. The number of carbonyl (C=O) groups is 1. The van der Waals surface area contributed by atoms with Gasteiger partial charge in [0.1, 0.15) is 11.9 Å². The molecule has 0 aliphatic carbocycles. The van der Waals surface area contributed by atoms with Gasteiger partial charge in [0, 0.05) is 59.3 Å². The normalized spacial score (nSPS) is 21.5. The number of hydrogen-bond acceptors (Lipinski definition) is 7. The number of rotatable bonds is 4. The fourth-order valence-electron chi connectivity index (χ4n) is 4.94. The summed E-state index contributed by atoms with van der Waals surface area (Å²) in [5, 5.41) is 6.87. The Morgan fingerprint density at radius 3 is 2.81 bits per heavy atom. The number of allylic oxidation sites excluding steroid dienone is 1. The smallest absolute Gasteiger partial charge is 0.247 e. The summed E-state index contributed by atoms with van der Waals surface area (Å²) in [6, 6.07) is 16.0. The predicted octanol–water partition coefficient (Wildman–Crippen LogP) is 4.85. The van der Waals surface area contributed by atoms with Crippen LogP contribution in [0.15, 0.2) is 73.1 Å². The fourth-order valence-corrected chi connectivity index (χ4v) is 6.35. The van der Waals surface area contributed by atoms with Crippen molar-refractivity contribution in [1.29, 1.82) is 0 Å². The number of fused-ring (bicyclic) bond motifs is 2. The van der Waals surface area contributed by atoms with Gasteiger partial charge in [0.15, 0.2) is 0 Å². The summed E-state index contributed by atoms with van der Waals surface area (Å²) in [7, 11) is 2.18. The molecule has 8 heteroatoms. The number of nitrogens with zero attached hydrogens (tertiary/aromatic N) is 4. The van der Waals surface area contributed by atoms with Gasteiger partial charge in [0.25, 0.3) is 0 Å². The maximum Gasteiger partial charge on any atom is 0.247 e. The van der Waals surface area contributed by atoms with Crippen LogP contribution >= 0.6 is 11.8 Å². The number of likely N-dealkylation sites (N-methyl/N-ethyl adjacent to an activating group) is 1. The maximum atomic E-state index is 13.1. The highest BCUT2D eigenvalue weighted by Crippen LogP contribution is 2.36. The van der Waals surface area contributed by atoms with E-state index in [4.69, 9.17) is 4.98 Å². The van der Waals surface area contributed by atoms with Crippen LogP contribution in [0.1, 0.15) is 21.9 Å². The minimum absolute atomic E-state index is 0.0639. The van der Waals surface area contributed by atoms with E-state index in [-0.39, 0.29) is 5.91 Å². The minimum atomic E-state index is -0.441. The van der Waals surface area contributed by atoms with Gasteiger partial charge in [-0.15, -0.1) is 0 Å². The van der Waals surface area contributed by atoms with Gasteiger partial charge in [-0.25, -0.2) is 4.98 Å². The number of benzene rings is 2. The molecule has 3 aromatic rings. The van der Waals surface area contributed by atoms with E-state index in [9.17, 15) is 4.79 Å². The number of para-hydroxylation sites is 1. The van der Waals surface area contributed by atoms with Crippen LogP contribution in [0.3, 0.4) is 0 Å². The fraction of sp³-hybridized carbons (Fsp3) is 0.250. The molecule has 6 rings (SSSR count). The second-order valence-electron chi connectivity index (χ2n) is 9.40. The third-order valence-corrected chi connectivity index (χ3v) is 8.14. The van der Waals surface area contributed by atoms with Gasteiger partial charge in [-0.3, -0.25) is 4.79 Å². The molecule has 1 aromatic heterocycles. The molecule has 1 saturated heterocycles. The number of anilines is 4. The molecular formula is C28H28N6OS. The summed E-state index contributed by atoms with van der Waals surface area (Å²) >= 11 is 2.02. The summed E-state index contributed by atoms with van der Waals surface area (Å²) < 4.78 is 0. The summed E-state index contributed by atoms with van der Waals surface area (Å²) in [6.07, 6.45) is 6.22. The first-order valence-corrected chi connectivity index (χ1v) is 13.2. The predicted molar refractivity (Wildman–Crippen MR) is 148 cm³/mol. The molecule has 36 heavy (non-hydrogen) atoms. The number of hydrogen-bond donors (Lipinski definition) is 2. The molecular weight excluding hydrogens is 468 g/mol. The molecule has 2 atom stereocenters. The highest BCUT2D eigenvalue weighted by Gasteiger charge is 2.35. The van der Waals surface area contributed by atoms with Gasteiger partial charge in [-0.2, -0.15) is 16.7 Å². The zero-order valence-corrected chi connectivity index (χ0v) is 21.0. The van der Waals surface area contributed by atoms with Crippen molar-refractivity contribution in [1.82, 2.24) is 14.9 Å². The quantitative estimate of drug-likeness (QED) is 0.535. The lowest BCUT2D eigenvalue weighted by Gasteiger charge is -2.37. The topological polar surface area (TPSA) is 73.4 Å². The lowest BCUT2D eigenvalue weighted by atomic mass is 9.96. The Hall–Kier alpha value is -3.62. The van der Waals surface area contributed by atoms with Crippen LogP contribution in [-0.2, 0) is 11.2 Å². The Labute approximate surface area is 215 Å². The molecule has 3 aliphatic heterocycles. The van der Waals surface area contributed by atoms with Crippen LogP contribution in [0.4, 0.5) is 23.1 Å². The van der Waals surface area contributed by atoms with Crippen molar-refractivity contribution in [3.05, 3.63) is 89.8 Å². The molecule has 3 aliphatic rings. The number of thioether (sulfide) groups is 1. The Balaban J connectivity index is 1.25. The van der Waals surface area contributed by atoms with Gasteiger partial charge in [0.2, 0.25) is 11.9 Å². The van der Waals surface area contributed by atoms with E-state index in [2.05, 4.69) is 58.4 Å². The summed E-state index contributed by atoms with van der Waals surface area (Å²) in [5.41, 5.74) is 5.80. The Morgan fingerprint density at radius 2 is 1.97 bits per heavy atom. The third-order valence-electron chi connectivity index (χ3n) is 6.90. The highest BCUT2D eigenvalue weighted by atomic mass is 32.2. The average molecular weight is 497 g/mol. The average Bonchev–Trinajstić information content (AvgIpc) is 2.89. The number of carbonyl (C=O) groups excluding carboxylic acids is 1. The first-order chi connectivity index (χ1) is 17.5. The molecule has 0 spiro atoms. The van der Waals surface area contributed by atoms with Crippen LogP contribution in [0.5, 0.6) is 0 Å². The van der Waals surface area contributed by atoms with E-state index in [0.717, 1.165) is 47.0 Å². The van der Waals surface area contributed by atoms with E-state index in [1.807, 2.05) is 53.1 Å². The van der Waals surface area contributed by atoms with Crippen molar-refractivity contribution in [2.75, 3.05) is 41.4 Å². The molecule has 1 amide bonds. The molecule has 7 nitrogen and oxygen atoms in total. The lowest BCUT2D eigenvalue weighted by molar-refractivity contribution is -0.117. The van der Waals surface area contributed by atoms with Gasteiger partial charge in [-0.1, -0.05) is 36.9 Å². The van der Waals surface area contributed by atoms with Crippen molar-refractivity contribution in [2.24, 2.45) is 0 Å². The third kappa shape index (κ3) is 4.38. The molecule has 182 valence electrons. The van der Waals surface area contributed by atoms with Crippen LogP contribution in [0.25, 0.3) is 6.08 Å². The van der Waals surface area contributed by atoms with Crippen LogP contribution < -0.4 is 15.5 Å². The second kappa shape index (κ2) is 9.44. The molecule has 2 unspecified atom stereocenters. The SMILES string of the molecule is C=C1C=Cc2cnc(Nc3ccc(C4CN(C)CCS4)cc3)nc2N1C1Cc2ccccc2NC1=O. The summed E-state index contributed by atoms with van der Waals surface area (Å²) in [4.78, 5) is 26.8. The van der Waals surface area contributed by atoms with E-state index in [1.54, 1.807) is 6.20 Å². The van der Waals surface area contributed by atoms with Gasteiger partial charge in [0.05, 0.1) is 0 Å². The minimum Gasteiger partial charge on any atom is -0.324 e. The molecule has 0 radical (unpaired) electrons. The number of nitrogens with one attached hydrogen (secondary N) is 2. The second-order valence-corrected chi connectivity index (χ2v) is 10.7. The standard InChI is InChI=1S/C28H28N6OS/c1-18-7-8-21-16-29-28(30-22-11-9-19(10-12-22)25-17-33(2)13-14-36-25)32-26(21)34(18)24-15-20-5-3-4-6-23(20)31-27(24)35/h3-12,16,24-25H,1,13-15,17H2,2H3,(H,31,35)(H,29,30,32). The van der Waals surface area contributed by atoms with Crippen molar-refractivity contribution >= 4 is 46.9 Å². The van der Waals surface area contributed by atoms with Crippen molar-refractivity contribution in [3.63, 3.8) is 0 Å². The zero-order chi connectivity index (χ0) is 24.6. The molecule has 0 bridgehead atoms. The Morgan fingerprint density at radius 1 is 1.14 bits per heavy atom. The van der Waals surface area contributed by atoms with E-state index < -0.39 is 6.04 Å².